The van der Waals surface area contributed by atoms with Gasteiger partial charge in [0.25, 0.3) is 0 Å². The van der Waals surface area contributed by atoms with Gasteiger partial charge in [0.2, 0.25) is 10.0 Å². The van der Waals surface area contributed by atoms with Crippen LogP contribution in [0.4, 0.5) is 0 Å². The van der Waals surface area contributed by atoms with Crippen molar-refractivity contribution in [3.05, 3.63) is 59.4 Å². The number of nitrogens with one attached hydrogen (secondary N) is 1. The van der Waals surface area contributed by atoms with Crippen molar-refractivity contribution < 1.29 is 17.9 Å². The molecule has 9 heteroatoms. The molecule has 1 N–H and O–H groups in total. The average molecular weight is 412 g/mol. The highest BCUT2D eigenvalue weighted by Gasteiger charge is 2.36. The molecule has 0 bridgehead atoms. The monoisotopic (exact) mass is 411 g/mol. The summed E-state index contributed by atoms with van der Waals surface area (Å²) in [5, 5.41) is 3.22. The molecule has 27 heavy (non-hydrogen) atoms. The predicted octanol–water partition coefficient (Wildman–Crippen LogP) is 1.93. The Morgan fingerprint density at radius 3 is 2.78 bits per heavy atom. The summed E-state index contributed by atoms with van der Waals surface area (Å²) in [5.74, 6) is -0.666. The summed E-state index contributed by atoms with van der Waals surface area (Å²) < 4.78 is 33.0. The number of sulfonamides is 1. The van der Waals surface area contributed by atoms with E-state index in [1.165, 1.54) is 17.5 Å². The van der Waals surface area contributed by atoms with Gasteiger partial charge in [0, 0.05) is 32.0 Å². The summed E-state index contributed by atoms with van der Waals surface area (Å²) in [6.45, 7) is 3.11. The Labute approximate surface area is 165 Å². The van der Waals surface area contributed by atoms with Gasteiger partial charge in [0.1, 0.15) is 0 Å². The third-order valence-electron chi connectivity index (χ3n) is 4.39. The fourth-order valence-electron chi connectivity index (χ4n) is 3.10. The van der Waals surface area contributed by atoms with Crippen molar-refractivity contribution in [3.8, 4) is 0 Å². The van der Waals surface area contributed by atoms with E-state index in [4.69, 9.17) is 4.74 Å². The second kappa shape index (κ2) is 8.79. The Bertz CT molecular complexity index is 906. The minimum absolute atomic E-state index is 0. The molecular weight excluding hydrogens is 390 g/mol. The lowest BCUT2D eigenvalue weighted by Gasteiger charge is -2.35. The number of nitrogens with zero attached hydrogens (tertiary/aromatic N) is 2. The molecule has 1 aromatic carbocycles. The summed E-state index contributed by atoms with van der Waals surface area (Å²) in [7, 11) is -2.66. The van der Waals surface area contributed by atoms with Gasteiger partial charge < -0.3 is 10.1 Å². The zero-order valence-electron chi connectivity index (χ0n) is 15.1. The number of hydrogen-bond acceptors (Lipinski definition) is 6. The predicted molar refractivity (Wildman–Crippen MR) is 104 cm³/mol. The maximum absolute atomic E-state index is 13.4. The fourth-order valence-corrected chi connectivity index (χ4v) is 4.87. The first kappa shape index (κ1) is 21.3. The SMILES string of the molecule is COC(=O)c1cc(C)ccc1S(=O)(=O)N1CCNCC1c1cccnc1.Cl. The molecule has 1 saturated heterocycles. The molecule has 0 aliphatic carbocycles. The Hall–Kier alpha value is -2.00. The van der Waals surface area contributed by atoms with E-state index < -0.39 is 22.0 Å². The lowest BCUT2D eigenvalue weighted by atomic mass is 10.1. The first-order valence-corrected chi connectivity index (χ1v) is 9.70. The van der Waals surface area contributed by atoms with Crippen molar-refractivity contribution in [1.82, 2.24) is 14.6 Å². The zero-order valence-corrected chi connectivity index (χ0v) is 16.7. The Balaban J connectivity index is 0.00000261. The van der Waals surface area contributed by atoms with Gasteiger partial charge >= 0.3 is 5.97 Å². The van der Waals surface area contributed by atoms with Crippen molar-refractivity contribution in [1.29, 1.82) is 0 Å². The van der Waals surface area contributed by atoms with Gasteiger partial charge in [-0.1, -0.05) is 17.7 Å². The smallest absolute Gasteiger partial charge is 0.339 e. The lowest BCUT2D eigenvalue weighted by Crippen LogP contribution is -2.48. The molecule has 0 amide bonds. The van der Waals surface area contributed by atoms with E-state index in [0.717, 1.165) is 11.1 Å². The number of ether oxygens (including phenoxy) is 1. The van der Waals surface area contributed by atoms with E-state index in [2.05, 4.69) is 10.3 Å². The first-order chi connectivity index (χ1) is 12.4. The third-order valence-corrected chi connectivity index (χ3v) is 6.36. The quantitative estimate of drug-likeness (QED) is 0.773. The highest BCUT2D eigenvalue weighted by Crippen LogP contribution is 2.30. The summed E-state index contributed by atoms with van der Waals surface area (Å²) in [5.41, 5.74) is 1.64. The molecule has 1 atom stereocenters. The van der Waals surface area contributed by atoms with Crippen LogP contribution in [0.5, 0.6) is 0 Å². The summed E-state index contributed by atoms with van der Waals surface area (Å²) in [6.07, 6.45) is 3.31. The second-order valence-corrected chi connectivity index (χ2v) is 7.97. The van der Waals surface area contributed by atoms with E-state index in [9.17, 15) is 13.2 Å². The third kappa shape index (κ3) is 4.30. The molecule has 1 fully saturated rings. The van der Waals surface area contributed by atoms with Crippen molar-refractivity contribution in [2.24, 2.45) is 0 Å². The molecule has 3 rings (SSSR count). The van der Waals surface area contributed by atoms with Crippen molar-refractivity contribution in [2.45, 2.75) is 17.9 Å². The number of pyridine rings is 1. The van der Waals surface area contributed by atoms with Gasteiger partial charge in [0.05, 0.1) is 23.6 Å². The number of benzene rings is 1. The van der Waals surface area contributed by atoms with Crippen LogP contribution in [-0.2, 0) is 14.8 Å². The van der Waals surface area contributed by atoms with Gasteiger partial charge in [-0.15, -0.1) is 12.4 Å². The van der Waals surface area contributed by atoms with Crippen LogP contribution in [0, 0.1) is 6.92 Å². The number of piperazine rings is 1. The zero-order chi connectivity index (χ0) is 18.7. The molecule has 7 nitrogen and oxygen atoms in total. The summed E-state index contributed by atoms with van der Waals surface area (Å²) >= 11 is 0. The number of hydrogen-bond donors (Lipinski definition) is 1. The number of carbonyl (C=O) groups excluding carboxylic acids is 1. The summed E-state index contributed by atoms with van der Waals surface area (Å²) in [4.78, 5) is 16.2. The van der Waals surface area contributed by atoms with E-state index in [1.54, 1.807) is 37.5 Å². The number of aryl methyl sites for hydroxylation is 1. The van der Waals surface area contributed by atoms with Crippen LogP contribution in [0.1, 0.15) is 27.5 Å². The minimum Gasteiger partial charge on any atom is -0.465 e. The Kier molecular flexibility index (Phi) is 6.94. The van der Waals surface area contributed by atoms with Crippen LogP contribution in [0.25, 0.3) is 0 Å². The van der Waals surface area contributed by atoms with Crippen molar-refractivity contribution >= 4 is 28.4 Å². The average Bonchev–Trinajstić information content (AvgIpc) is 2.67. The van der Waals surface area contributed by atoms with Gasteiger partial charge in [-0.05, 0) is 30.7 Å². The number of esters is 1. The molecule has 2 heterocycles. The highest BCUT2D eigenvalue weighted by molar-refractivity contribution is 7.89. The number of carbonyl (C=O) groups is 1. The molecule has 1 aromatic heterocycles. The molecule has 0 spiro atoms. The van der Waals surface area contributed by atoms with Crippen LogP contribution >= 0.6 is 12.4 Å². The number of aromatic nitrogens is 1. The van der Waals surface area contributed by atoms with Crippen LogP contribution in [0.2, 0.25) is 0 Å². The maximum atomic E-state index is 13.4. The van der Waals surface area contributed by atoms with Crippen molar-refractivity contribution in [2.75, 3.05) is 26.7 Å². The van der Waals surface area contributed by atoms with Crippen LogP contribution in [0.3, 0.4) is 0 Å². The fraction of sp³-hybridized carbons (Fsp3) is 0.333. The first-order valence-electron chi connectivity index (χ1n) is 8.26. The largest absolute Gasteiger partial charge is 0.465 e. The lowest BCUT2D eigenvalue weighted by molar-refractivity contribution is 0.0596. The topological polar surface area (TPSA) is 88.6 Å². The van der Waals surface area contributed by atoms with Crippen LogP contribution in [-0.4, -0.2) is 50.4 Å². The van der Waals surface area contributed by atoms with E-state index in [-0.39, 0.29) is 22.9 Å². The highest BCUT2D eigenvalue weighted by atomic mass is 35.5. The number of rotatable bonds is 4. The molecule has 1 aliphatic heterocycles. The number of halogens is 1. The standard InChI is InChI=1S/C18H21N3O4S.ClH/c1-13-5-6-17(15(10-13)18(22)25-2)26(23,24)21-9-8-20-12-16(21)14-4-3-7-19-11-14;/h3-7,10-11,16,20H,8-9,12H2,1-2H3;1H. The molecule has 0 radical (unpaired) electrons. The van der Waals surface area contributed by atoms with Gasteiger partial charge in [-0.25, -0.2) is 13.2 Å². The van der Waals surface area contributed by atoms with Crippen molar-refractivity contribution in [3.63, 3.8) is 0 Å². The van der Waals surface area contributed by atoms with E-state index in [1.807, 2.05) is 6.07 Å². The van der Waals surface area contributed by atoms with E-state index in [0.29, 0.717) is 19.6 Å². The minimum atomic E-state index is -3.90. The van der Waals surface area contributed by atoms with Crippen LogP contribution in [0.15, 0.2) is 47.6 Å². The Morgan fingerprint density at radius 2 is 2.11 bits per heavy atom. The maximum Gasteiger partial charge on any atom is 0.339 e. The van der Waals surface area contributed by atoms with E-state index >= 15 is 0 Å². The molecule has 0 saturated carbocycles. The molecule has 146 valence electrons. The molecule has 1 aliphatic rings. The van der Waals surface area contributed by atoms with Gasteiger partial charge in [-0.3, -0.25) is 4.98 Å². The van der Waals surface area contributed by atoms with Gasteiger partial charge in [-0.2, -0.15) is 4.31 Å². The summed E-state index contributed by atoms with van der Waals surface area (Å²) in [6, 6.07) is 7.93. The molecule has 2 aromatic rings. The second-order valence-electron chi connectivity index (χ2n) is 6.11. The Morgan fingerprint density at radius 1 is 1.33 bits per heavy atom. The van der Waals surface area contributed by atoms with Crippen LogP contribution < -0.4 is 5.32 Å². The normalized spacial score (nSPS) is 17.8. The molecule has 1 unspecified atom stereocenters. The van der Waals surface area contributed by atoms with Gasteiger partial charge in [0.15, 0.2) is 0 Å². The number of methoxy groups -OCH3 is 1. The molecular formula is C18H22ClN3O4S.